The Morgan fingerprint density at radius 3 is 1.78 bits per heavy atom. The van der Waals surface area contributed by atoms with Crippen LogP contribution in [-0.2, 0) is 12.8 Å². The van der Waals surface area contributed by atoms with Crippen molar-refractivity contribution in [1.29, 1.82) is 0 Å². The van der Waals surface area contributed by atoms with E-state index in [0.717, 1.165) is 12.8 Å². The maximum Gasteiger partial charge on any atom is 0.0637 e. The van der Waals surface area contributed by atoms with Gasteiger partial charge in [0.05, 0.1) is 17.3 Å². The molecule has 0 saturated heterocycles. The van der Waals surface area contributed by atoms with Gasteiger partial charge in [0.1, 0.15) is 0 Å². The molecule has 0 N–H and O–H groups in total. The van der Waals surface area contributed by atoms with Crippen LogP contribution in [0.3, 0.4) is 0 Å². The number of fused-ring (bicyclic) bond motifs is 7. The van der Waals surface area contributed by atoms with E-state index in [1.807, 2.05) is 0 Å². The Bertz CT molecular complexity index is 2750. The maximum atomic E-state index is 2.57. The lowest BCUT2D eigenvalue weighted by atomic mass is 9.82. The molecule has 2 heterocycles. The minimum absolute atomic E-state index is 0.176. The van der Waals surface area contributed by atoms with Gasteiger partial charge in [-0.1, -0.05) is 160 Å². The van der Waals surface area contributed by atoms with Crippen LogP contribution in [0.15, 0.2) is 176 Å². The molecule has 1 aliphatic carbocycles. The third kappa shape index (κ3) is 6.47. The lowest BCUT2D eigenvalue weighted by Crippen LogP contribution is -2.30. The van der Waals surface area contributed by atoms with Crippen molar-refractivity contribution in [3.63, 3.8) is 0 Å². The van der Waals surface area contributed by atoms with Crippen molar-refractivity contribution in [2.24, 2.45) is 0 Å². The zero-order valence-corrected chi connectivity index (χ0v) is 33.6. The fourth-order valence-electron chi connectivity index (χ4n) is 9.57. The summed E-state index contributed by atoms with van der Waals surface area (Å²) < 4.78 is 2.48. The Hall–Kier alpha value is -6.38. The van der Waals surface area contributed by atoms with E-state index in [-0.39, 0.29) is 12.0 Å². The zero-order chi connectivity index (χ0) is 39.0. The first-order valence-corrected chi connectivity index (χ1v) is 21.4. The van der Waals surface area contributed by atoms with E-state index in [1.54, 1.807) is 0 Å². The summed E-state index contributed by atoms with van der Waals surface area (Å²) in [5.74, 6) is 0.208. The summed E-state index contributed by atoms with van der Waals surface area (Å²) in [6.07, 6.45) is 12.0. The molecule has 58 heavy (non-hydrogen) atoms. The highest BCUT2D eigenvalue weighted by Gasteiger charge is 2.43. The Balaban J connectivity index is 0.980. The van der Waals surface area contributed by atoms with Crippen LogP contribution in [0.4, 0.5) is 11.4 Å². The standard InChI is InChI=1S/C56H50N2/c1-3-5-13-39-23-25-41(26-24-39)45-17-12-18-46(38-45)43-29-33-48(34-30-43)58-52-22-10-8-20-50(52)56-54(58)36-35-53-55(56)49-19-7-9-21-51(49)57(53)47-31-27-42(28-32-47)44-16-11-15-40(37-44)14-6-4-2/h7-12,15-38,53,55H,3-6,13-14H2,1-2H3. The minimum atomic E-state index is 0.176. The molecule has 0 fully saturated rings. The predicted molar refractivity (Wildman–Crippen MR) is 246 cm³/mol. The van der Waals surface area contributed by atoms with Gasteiger partial charge in [-0.25, -0.2) is 0 Å². The van der Waals surface area contributed by atoms with Crippen LogP contribution in [0.25, 0.3) is 56.0 Å². The molecule has 0 bridgehead atoms. The Kier molecular flexibility index (Phi) is 9.63. The molecule has 0 spiro atoms. The first kappa shape index (κ1) is 36.0. The molecule has 2 heteroatoms. The molecule has 2 unspecified atom stereocenters. The van der Waals surface area contributed by atoms with Crippen LogP contribution in [0.2, 0.25) is 0 Å². The highest BCUT2D eigenvalue weighted by molar-refractivity contribution is 5.94. The molecule has 1 aromatic heterocycles. The van der Waals surface area contributed by atoms with E-state index >= 15 is 0 Å². The van der Waals surface area contributed by atoms with E-state index in [9.17, 15) is 0 Å². The number of unbranched alkanes of at least 4 members (excludes halogenated alkanes) is 2. The van der Waals surface area contributed by atoms with Gasteiger partial charge in [0.2, 0.25) is 0 Å². The molecule has 0 radical (unpaired) electrons. The monoisotopic (exact) mass is 750 g/mol. The normalized spacial score (nSPS) is 15.4. The maximum absolute atomic E-state index is 2.57. The number of hydrogen-bond donors (Lipinski definition) is 0. The Labute approximate surface area is 343 Å². The largest absolute Gasteiger partial charge is 0.333 e. The summed E-state index contributed by atoms with van der Waals surface area (Å²) >= 11 is 0. The van der Waals surface area contributed by atoms with Crippen molar-refractivity contribution < 1.29 is 0 Å². The Morgan fingerprint density at radius 2 is 1.07 bits per heavy atom. The molecule has 2 aliphatic rings. The van der Waals surface area contributed by atoms with Gasteiger partial charge in [0.25, 0.3) is 0 Å². The number of rotatable bonds is 11. The van der Waals surface area contributed by atoms with Gasteiger partial charge in [0.15, 0.2) is 0 Å². The van der Waals surface area contributed by atoms with E-state index in [2.05, 4.69) is 205 Å². The fourth-order valence-corrected chi connectivity index (χ4v) is 9.57. The first-order chi connectivity index (χ1) is 28.7. The highest BCUT2D eigenvalue weighted by Crippen LogP contribution is 2.54. The second kappa shape index (κ2) is 15.5. The van der Waals surface area contributed by atoms with Crippen molar-refractivity contribution in [2.45, 2.75) is 64.3 Å². The number of benzene rings is 7. The smallest absolute Gasteiger partial charge is 0.0637 e. The lowest BCUT2D eigenvalue weighted by Gasteiger charge is -2.31. The number of nitrogens with zero attached hydrogens (tertiary/aromatic N) is 2. The fraction of sp³-hybridized carbons (Fsp3) is 0.179. The van der Waals surface area contributed by atoms with Crippen molar-refractivity contribution in [2.75, 3.05) is 4.90 Å². The molecule has 284 valence electrons. The molecule has 7 aromatic carbocycles. The zero-order valence-electron chi connectivity index (χ0n) is 33.6. The van der Waals surface area contributed by atoms with Crippen molar-refractivity contribution in [1.82, 2.24) is 4.57 Å². The van der Waals surface area contributed by atoms with Crippen LogP contribution in [0.5, 0.6) is 0 Å². The number of aryl methyl sites for hydroxylation is 2. The second-order valence-electron chi connectivity index (χ2n) is 16.2. The van der Waals surface area contributed by atoms with Gasteiger partial charge >= 0.3 is 0 Å². The van der Waals surface area contributed by atoms with Gasteiger partial charge in [-0.05, 0) is 130 Å². The molecular weight excluding hydrogens is 701 g/mol. The third-order valence-corrected chi connectivity index (χ3v) is 12.5. The van der Waals surface area contributed by atoms with Crippen molar-refractivity contribution in [3.05, 3.63) is 204 Å². The molecule has 2 nitrogen and oxygen atoms in total. The topological polar surface area (TPSA) is 8.17 Å². The van der Waals surface area contributed by atoms with Crippen molar-refractivity contribution >= 4 is 28.4 Å². The average molecular weight is 751 g/mol. The molecule has 0 amide bonds. The summed E-state index contributed by atoms with van der Waals surface area (Å²) in [6, 6.07) is 63.8. The van der Waals surface area contributed by atoms with Gasteiger partial charge in [-0.15, -0.1) is 0 Å². The minimum Gasteiger partial charge on any atom is -0.333 e. The van der Waals surface area contributed by atoms with Crippen LogP contribution in [0, 0.1) is 0 Å². The van der Waals surface area contributed by atoms with Crippen LogP contribution >= 0.6 is 0 Å². The molecule has 2 atom stereocenters. The highest BCUT2D eigenvalue weighted by atomic mass is 15.2. The van der Waals surface area contributed by atoms with Gasteiger partial charge in [0, 0.05) is 28.4 Å². The quantitative estimate of drug-likeness (QED) is 0.128. The summed E-state index contributed by atoms with van der Waals surface area (Å²) in [6.45, 7) is 4.52. The average Bonchev–Trinajstić information content (AvgIpc) is 3.81. The number of hydrogen-bond acceptors (Lipinski definition) is 1. The van der Waals surface area contributed by atoms with E-state index < -0.39 is 0 Å². The molecule has 10 rings (SSSR count). The molecule has 8 aromatic rings. The summed E-state index contributed by atoms with van der Waals surface area (Å²) in [4.78, 5) is 2.57. The summed E-state index contributed by atoms with van der Waals surface area (Å²) in [7, 11) is 0. The predicted octanol–water partition coefficient (Wildman–Crippen LogP) is 15.0. The number of anilines is 2. The number of aromatic nitrogens is 1. The van der Waals surface area contributed by atoms with Gasteiger partial charge in [-0.3, -0.25) is 0 Å². The van der Waals surface area contributed by atoms with Crippen LogP contribution < -0.4 is 4.90 Å². The number of para-hydroxylation sites is 2. The molecular formula is C56H50N2. The molecule has 1 aliphatic heterocycles. The third-order valence-electron chi connectivity index (χ3n) is 12.5. The lowest BCUT2D eigenvalue weighted by molar-refractivity contribution is 0.725. The first-order valence-electron chi connectivity index (χ1n) is 21.4. The van der Waals surface area contributed by atoms with Crippen LogP contribution in [-0.4, -0.2) is 10.6 Å². The van der Waals surface area contributed by atoms with Gasteiger partial charge < -0.3 is 9.47 Å². The summed E-state index contributed by atoms with van der Waals surface area (Å²) in [5.41, 5.74) is 19.4. The second-order valence-corrected chi connectivity index (χ2v) is 16.2. The van der Waals surface area contributed by atoms with Gasteiger partial charge in [-0.2, -0.15) is 0 Å². The Morgan fingerprint density at radius 1 is 0.483 bits per heavy atom. The van der Waals surface area contributed by atoms with E-state index in [4.69, 9.17) is 0 Å². The van der Waals surface area contributed by atoms with Crippen molar-refractivity contribution in [3.8, 4) is 39.1 Å². The summed E-state index contributed by atoms with van der Waals surface area (Å²) in [5, 5.41) is 1.32. The van der Waals surface area contributed by atoms with E-state index in [0.29, 0.717) is 0 Å². The van der Waals surface area contributed by atoms with Crippen LogP contribution in [0.1, 0.15) is 73.4 Å². The van der Waals surface area contributed by atoms with E-state index in [1.165, 1.54) is 115 Å². The molecule has 0 saturated carbocycles. The SMILES string of the molecule is CCCCc1ccc(-c2cccc(-c3ccc(-n4c5c(c6ccccc64)C4c6ccccc6N(c6ccc(-c7cccc(CCCC)c7)cc6)C4C=C5)cc3)c2)cc1.